The van der Waals surface area contributed by atoms with E-state index in [1.807, 2.05) is 7.05 Å². The van der Waals surface area contributed by atoms with Gasteiger partial charge in [0.05, 0.1) is 6.61 Å². The van der Waals surface area contributed by atoms with Crippen LogP contribution >= 0.6 is 0 Å². The molecule has 17 heavy (non-hydrogen) atoms. The number of ether oxygens (including phenoxy) is 1. The molecule has 4 heteroatoms. The summed E-state index contributed by atoms with van der Waals surface area (Å²) < 4.78 is 31.5. The molecule has 1 aromatic carbocycles. The van der Waals surface area contributed by atoms with Crippen LogP contribution in [0.5, 0.6) is 0 Å². The van der Waals surface area contributed by atoms with Crippen molar-refractivity contribution in [2.45, 2.75) is 18.9 Å². The van der Waals surface area contributed by atoms with Crippen LogP contribution in [0, 0.1) is 17.6 Å². The van der Waals surface area contributed by atoms with Gasteiger partial charge in [0, 0.05) is 18.6 Å². The van der Waals surface area contributed by atoms with Gasteiger partial charge < -0.3 is 10.1 Å². The molecule has 2 nitrogen and oxygen atoms in total. The number of rotatable bonds is 3. The molecule has 2 rings (SSSR count). The summed E-state index contributed by atoms with van der Waals surface area (Å²) in [5.74, 6) is -1.28. The zero-order valence-electron chi connectivity index (χ0n) is 9.88. The van der Waals surface area contributed by atoms with Crippen LogP contribution in [0.4, 0.5) is 8.78 Å². The first-order valence-corrected chi connectivity index (χ1v) is 5.92. The summed E-state index contributed by atoms with van der Waals surface area (Å²) in [6, 6.07) is 4.10. The third-order valence-corrected chi connectivity index (χ3v) is 3.28. The summed E-state index contributed by atoms with van der Waals surface area (Å²) in [5, 5.41) is 3.17. The van der Waals surface area contributed by atoms with Gasteiger partial charge in [0.25, 0.3) is 0 Å². The van der Waals surface area contributed by atoms with Crippen molar-refractivity contribution in [2.24, 2.45) is 5.92 Å². The second-order valence-electron chi connectivity index (χ2n) is 4.42. The van der Waals surface area contributed by atoms with Crippen molar-refractivity contribution in [2.75, 3.05) is 20.3 Å². The topological polar surface area (TPSA) is 21.3 Å². The maximum Gasteiger partial charge on any atom is 0.159 e. The van der Waals surface area contributed by atoms with E-state index in [0.717, 1.165) is 25.0 Å². The lowest BCUT2D eigenvalue weighted by Gasteiger charge is -2.30. The zero-order valence-corrected chi connectivity index (χ0v) is 9.88. The second-order valence-corrected chi connectivity index (χ2v) is 4.42. The molecule has 0 bridgehead atoms. The molecule has 94 valence electrons. The third kappa shape index (κ3) is 2.82. The van der Waals surface area contributed by atoms with Gasteiger partial charge in [-0.1, -0.05) is 6.07 Å². The van der Waals surface area contributed by atoms with Crippen LogP contribution in [0.25, 0.3) is 0 Å². The number of nitrogens with one attached hydrogen (secondary N) is 1. The largest absolute Gasteiger partial charge is 0.381 e. The Bertz CT molecular complexity index is 378. The molecule has 0 saturated carbocycles. The van der Waals surface area contributed by atoms with Crippen LogP contribution < -0.4 is 5.32 Å². The SMILES string of the molecule is CNC(c1ccc(F)c(F)c1)C1CCCOC1. The molecule has 0 radical (unpaired) electrons. The Morgan fingerprint density at radius 2 is 2.18 bits per heavy atom. The lowest BCUT2D eigenvalue weighted by Crippen LogP contribution is -2.31. The molecule has 1 aliphatic heterocycles. The number of benzene rings is 1. The van der Waals surface area contributed by atoms with Crippen molar-refractivity contribution in [1.82, 2.24) is 5.32 Å². The monoisotopic (exact) mass is 241 g/mol. The van der Waals surface area contributed by atoms with Crippen LogP contribution in [0.2, 0.25) is 0 Å². The van der Waals surface area contributed by atoms with Gasteiger partial charge in [0.2, 0.25) is 0 Å². The summed E-state index contributed by atoms with van der Waals surface area (Å²) in [6.07, 6.45) is 2.07. The molecule has 2 atom stereocenters. The van der Waals surface area contributed by atoms with E-state index in [2.05, 4.69) is 5.32 Å². The highest BCUT2D eigenvalue weighted by molar-refractivity contribution is 5.22. The van der Waals surface area contributed by atoms with Gasteiger partial charge in [0.15, 0.2) is 11.6 Å². The van der Waals surface area contributed by atoms with E-state index in [0.29, 0.717) is 12.5 Å². The normalized spacial score (nSPS) is 22.4. The van der Waals surface area contributed by atoms with Crippen molar-refractivity contribution in [3.05, 3.63) is 35.4 Å². The predicted molar refractivity (Wildman–Crippen MR) is 61.7 cm³/mol. The third-order valence-electron chi connectivity index (χ3n) is 3.28. The molecule has 0 aromatic heterocycles. The molecule has 2 unspecified atom stereocenters. The molecular formula is C13H17F2NO. The molecule has 1 aliphatic rings. The van der Waals surface area contributed by atoms with Crippen LogP contribution in [-0.4, -0.2) is 20.3 Å². The Hall–Kier alpha value is -1.00. The fraction of sp³-hybridized carbons (Fsp3) is 0.538. The molecule has 1 fully saturated rings. The molecular weight excluding hydrogens is 224 g/mol. The van der Waals surface area contributed by atoms with Crippen LogP contribution in [0.15, 0.2) is 18.2 Å². The molecule has 0 amide bonds. The van der Waals surface area contributed by atoms with E-state index in [1.54, 1.807) is 6.07 Å². The highest BCUT2D eigenvalue weighted by Gasteiger charge is 2.24. The first-order valence-electron chi connectivity index (χ1n) is 5.92. The van der Waals surface area contributed by atoms with E-state index >= 15 is 0 Å². The van der Waals surface area contributed by atoms with Gasteiger partial charge in [-0.05, 0) is 37.6 Å². The number of hydrogen-bond acceptors (Lipinski definition) is 2. The standard InChI is InChI=1S/C13H17F2NO/c1-16-13(10-3-2-6-17-8-10)9-4-5-11(14)12(15)7-9/h4-5,7,10,13,16H,2-3,6,8H2,1H3. The highest BCUT2D eigenvalue weighted by atomic mass is 19.2. The lowest BCUT2D eigenvalue weighted by molar-refractivity contribution is 0.0401. The van der Waals surface area contributed by atoms with Crippen LogP contribution in [0.1, 0.15) is 24.4 Å². The van der Waals surface area contributed by atoms with Gasteiger partial charge in [-0.25, -0.2) is 8.78 Å². The first-order chi connectivity index (χ1) is 8.22. The smallest absolute Gasteiger partial charge is 0.159 e. The molecule has 1 N–H and O–H groups in total. The zero-order chi connectivity index (χ0) is 12.3. The number of hydrogen-bond donors (Lipinski definition) is 1. The molecule has 0 spiro atoms. The molecule has 1 saturated heterocycles. The fourth-order valence-corrected chi connectivity index (χ4v) is 2.41. The van der Waals surface area contributed by atoms with Crippen molar-refractivity contribution in [1.29, 1.82) is 0 Å². The maximum absolute atomic E-state index is 13.2. The maximum atomic E-state index is 13.2. The van der Waals surface area contributed by atoms with E-state index in [9.17, 15) is 8.78 Å². The van der Waals surface area contributed by atoms with Gasteiger partial charge in [-0.3, -0.25) is 0 Å². The Morgan fingerprint density at radius 1 is 1.35 bits per heavy atom. The van der Waals surface area contributed by atoms with Crippen molar-refractivity contribution < 1.29 is 13.5 Å². The summed E-state index contributed by atoms with van der Waals surface area (Å²) in [6.45, 7) is 1.47. The Kier molecular flexibility index (Phi) is 4.07. The minimum Gasteiger partial charge on any atom is -0.381 e. The highest BCUT2D eigenvalue weighted by Crippen LogP contribution is 2.29. The fourth-order valence-electron chi connectivity index (χ4n) is 2.41. The van der Waals surface area contributed by atoms with Gasteiger partial charge in [-0.2, -0.15) is 0 Å². The first kappa shape index (κ1) is 12.5. The lowest BCUT2D eigenvalue weighted by atomic mass is 9.89. The Morgan fingerprint density at radius 3 is 2.76 bits per heavy atom. The summed E-state index contributed by atoms with van der Waals surface area (Å²) in [5.41, 5.74) is 0.780. The average molecular weight is 241 g/mol. The molecule has 1 aromatic rings. The summed E-state index contributed by atoms with van der Waals surface area (Å²) >= 11 is 0. The average Bonchev–Trinajstić information content (AvgIpc) is 2.36. The minimum absolute atomic E-state index is 0.0189. The van der Waals surface area contributed by atoms with E-state index in [4.69, 9.17) is 4.74 Å². The van der Waals surface area contributed by atoms with Gasteiger partial charge >= 0.3 is 0 Å². The Balaban J connectivity index is 2.18. The van der Waals surface area contributed by atoms with E-state index in [-0.39, 0.29) is 6.04 Å². The van der Waals surface area contributed by atoms with E-state index < -0.39 is 11.6 Å². The molecule has 1 heterocycles. The summed E-state index contributed by atoms with van der Waals surface area (Å²) in [4.78, 5) is 0. The van der Waals surface area contributed by atoms with Crippen molar-refractivity contribution in [3.8, 4) is 0 Å². The van der Waals surface area contributed by atoms with Gasteiger partial charge in [-0.15, -0.1) is 0 Å². The molecule has 0 aliphatic carbocycles. The van der Waals surface area contributed by atoms with E-state index in [1.165, 1.54) is 12.1 Å². The van der Waals surface area contributed by atoms with Crippen molar-refractivity contribution in [3.63, 3.8) is 0 Å². The van der Waals surface area contributed by atoms with Gasteiger partial charge in [0.1, 0.15) is 0 Å². The predicted octanol–water partition coefficient (Wildman–Crippen LogP) is 2.65. The quantitative estimate of drug-likeness (QED) is 0.878. The minimum atomic E-state index is -0.802. The number of halogens is 2. The summed E-state index contributed by atoms with van der Waals surface area (Å²) in [7, 11) is 1.83. The second kappa shape index (κ2) is 5.56. The van der Waals surface area contributed by atoms with Crippen LogP contribution in [0.3, 0.4) is 0 Å². The van der Waals surface area contributed by atoms with Crippen molar-refractivity contribution >= 4 is 0 Å². The van der Waals surface area contributed by atoms with Crippen LogP contribution in [-0.2, 0) is 4.74 Å². The Labute approximate surface area is 100.0 Å².